The zero-order valence-corrected chi connectivity index (χ0v) is 12.6. The molecule has 2 heterocycles. The van der Waals surface area contributed by atoms with Gasteiger partial charge in [0.15, 0.2) is 9.84 Å². The summed E-state index contributed by atoms with van der Waals surface area (Å²) >= 11 is 0. The number of fused-ring (bicyclic) bond motifs is 1. The van der Waals surface area contributed by atoms with E-state index in [1.54, 1.807) is 12.1 Å². The molecule has 0 unspecified atom stereocenters. The minimum absolute atomic E-state index is 0.225. The highest BCUT2D eigenvalue weighted by molar-refractivity contribution is 7.90. The summed E-state index contributed by atoms with van der Waals surface area (Å²) in [5, 5.41) is 6.57. The summed E-state index contributed by atoms with van der Waals surface area (Å²) < 4.78 is 22.8. The van der Waals surface area contributed by atoms with Crippen LogP contribution in [0.2, 0.25) is 0 Å². The molecule has 1 aromatic heterocycles. The maximum absolute atomic E-state index is 11.4. The molecule has 3 rings (SSSR count). The summed E-state index contributed by atoms with van der Waals surface area (Å²) in [5.41, 5.74) is 3.43. The van der Waals surface area contributed by atoms with E-state index in [2.05, 4.69) is 27.8 Å². The van der Waals surface area contributed by atoms with E-state index in [0.717, 1.165) is 25.1 Å². The van der Waals surface area contributed by atoms with E-state index >= 15 is 0 Å². The predicted molar refractivity (Wildman–Crippen MR) is 83.9 cm³/mol. The Bertz CT molecular complexity index is 755. The molecule has 1 aliphatic heterocycles. The van der Waals surface area contributed by atoms with Crippen molar-refractivity contribution in [2.75, 3.05) is 23.4 Å². The normalized spacial score (nSPS) is 14.1. The summed E-state index contributed by atoms with van der Waals surface area (Å²) in [6.45, 7) is 1.02. The summed E-state index contributed by atoms with van der Waals surface area (Å²) in [6.07, 6.45) is 4.75. The molecule has 5 nitrogen and oxygen atoms in total. The number of hydrogen-bond acceptors (Lipinski definition) is 5. The molecule has 0 saturated heterocycles. The van der Waals surface area contributed by atoms with Crippen LogP contribution in [0.15, 0.2) is 41.4 Å². The third-order valence-corrected chi connectivity index (χ3v) is 4.58. The minimum atomic E-state index is -3.20. The van der Waals surface area contributed by atoms with Gasteiger partial charge in [0.2, 0.25) is 0 Å². The third kappa shape index (κ3) is 3.16. The van der Waals surface area contributed by atoms with Crippen molar-refractivity contribution >= 4 is 27.0 Å². The summed E-state index contributed by atoms with van der Waals surface area (Å²) in [6, 6.07) is 9.39. The van der Waals surface area contributed by atoms with Crippen molar-refractivity contribution in [3.05, 3.63) is 42.1 Å². The quantitative estimate of drug-likeness (QED) is 0.912. The Hall–Kier alpha value is -2.08. The van der Waals surface area contributed by atoms with Crippen LogP contribution < -0.4 is 10.6 Å². The van der Waals surface area contributed by atoms with E-state index in [4.69, 9.17) is 0 Å². The minimum Gasteiger partial charge on any atom is -0.385 e. The van der Waals surface area contributed by atoms with Gasteiger partial charge < -0.3 is 10.6 Å². The van der Waals surface area contributed by atoms with E-state index in [9.17, 15) is 8.42 Å². The predicted octanol–water partition coefficient (Wildman–Crippen LogP) is 2.59. The zero-order valence-electron chi connectivity index (χ0n) is 11.8. The van der Waals surface area contributed by atoms with Crippen LogP contribution in [0, 0.1) is 0 Å². The van der Waals surface area contributed by atoms with E-state index in [1.165, 1.54) is 23.7 Å². The number of sulfone groups is 1. The molecule has 0 radical (unpaired) electrons. The van der Waals surface area contributed by atoms with Crippen molar-refractivity contribution in [3.8, 4) is 0 Å². The van der Waals surface area contributed by atoms with Crippen LogP contribution in [-0.2, 0) is 16.3 Å². The van der Waals surface area contributed by atoms with Crippen molar-refractivity contribution in [2.45, 2.75) is 17.7 Å². The molecule has 0 bridgehead atoms. The third-order valence-electron chi connectivity index (χ3n) is 3.48. The van der Waals surface area contributed by atoms with Gasteiger partial charge in [-0.15, -0.1) is 0 Å². The Balaban J connectivity index is 1.80. The largest absolute Gasteiger partial charge is 0.385 e. The second-order valence-corrected chi connectivity index (χ2v) is 7.19. The highest BCUT2D eigenvalue weighted by Crippen LogP contribution is 2.26. The van der Waals surface area contributed by atoms with Gasteiger partial charge in [0, 0.05) is 30.4 Å². The molecule has 0 fully saturated rings. The van der Waals surface area contributed by atoms with Crippen molar-refractivity contribution in [3.63, 3.8) is 0 Å². The molecule has 1 aromatic carbocycles. The maximum Gasteiger partial charge on any atom is 0.177 e. The first-order valence-electron chi connectivity index (χ1n) is 6.82. The summed E-state index contributed by atoms with van der Waals surface area (Å²) in [4.78, 5) is 4.37. The number of hydrogen-bond donors (Lipinski definition) is 2. The van der Waals surface area contributed by atoms with Gasteiger partial charge in [-0.05, 0) is 48.7 Å². The molecule has 110 valence electrons. The van der Waals surface area contributed by atoms with Crippen LogP contribution in [0.4, 0.5) is 17.2 Å². The van der Waals surface area contributed by atoms with Gasteiger partial charge in [0.1, 0.15) is 5.82 Å². The lowest BCUT2D eigenvalue weighted by Crippen LogP contribution is -2.11. The fourth-order valence-corrected chi connectivity index (χ4v) is 2.93. The molecule has 0 aliphatic carbocycles. The summed E-state index contributed by atoms with van der Waals surface area (Å²) in [7, 11) is -3.20. The van der Waals surface area contributed by atoms with Gasteiger partial charge >= 0.3 is 0 Å². The molecule has 0 amide bonds. The van der Waals surface area contributed by atoms with Gasteiger partial charge in [0.25, 0.3) is 0 Å². The molecular formula is C15H17N3O2S. The molecule has 0 spiro atoms. The molecule has 2 aromatic rings. The highest BCUT2D eigenvalue weighted by Gasteiger charge is 2.10. The second kappa shape index (κ2) is 5.37. The van der Waals surface area contributed by atoms with Gasteiger partial charge in [-0.2, -0.15) is 0 Å². The second-order valence-electron chi connectivity index (χ2n) is 5.18. The van der Waals surface area contributed by atoms with Crippen LogP contribution >= 0.6 is 0 Å². The first kappa shape index (κ1) is 13.9. The van der Waals surface area contributed by atoms with Crippen LogP contribution in [0.3, 0.4) is 0 Å². The number of benzene rings is 1. The van der Waals surface area contributed by atoms with Crippen molar-refractivity contribution in [2.24, 2.45) is 0 Å². The summed E-state index contributed by atoms with van der Waals surface area (Å²) in [5.74, 6) is 0.631. The lowest BCUT2D eigenvalue weighted by molar-refractivity contribution is 0.601. The first-order valence-corrected chi connectivity index (χ1v) is 8.71. The number of rotatable bonds is 3. The Morgan fingerprint density at radius 1 is 1.24 bits per heavy atom. The highest BCUT2D eigenvalue weighted by atomic mass is 32.2. The molecule has 0 atom stereocenters. The number of nitrogens with one attached hydrogen (secondary N) is 2. The van der Waals surface area contributed by atoms with E-state index in [1.807, 2.05) is 6.07 Å². The van der Waals surface area contributed by atoms with Crippen molar-refractivity contribution < 1.29 is 8.42 Å². The average molecular weight is 303 g/mol. The standard InChI is InChI=1S/C15H17N3O2S/c1-21(19,20)13-5-7-15(17-10-13)18-12-4-6-14-11(9-12)3-2-8-16-14/h4-7,9-10,16H,2-3,8H2,1H3,(H,17,18). The monoisotopic (exact) mass is 303 g/mol. The fraction of sp³-hybridized carbons (Fsp3) is 0.267. The van der Waals surface area contributed by atoms with Gasteiger partial charge in [-0.1, -0.05) is 0 Å². The SMILES string of the molecule is CS(=O)(=O)c1ccc(Nc2ccc3c(c2)CCCN3)nc1. The number of pyridine rings is 1. The lowest BCUT2D eigenvalue weighted by Gasteiger charge is -2.19. The molecule has 1 aliphatic rings. The van der Waals surface area contributed by atoms with Gasteiger partial charge in [-0.25, -0.2) is 13.4 Å². The van der Waals surface area contributed by atoms with Crippen LogP contribution in [0.1, 0.15) is 12.0 Å². The van der Waals surface area contributed by atoms with E-state index < -0.39 is 9.84 Å². The van der Waals surface area contributed by atoms with Crippen LogP contribution in [0.5, 0.6) is 0 Å². The molecule has 0 saturated carbocycles. The Morgan fingerprint density at radius 3 is 2.81 bits per heavy atom. The van der Waals surface area contributed by atoms with E-state index in [-0.39, 0.29) is 4.90 Å². The Kier molecular flexibility index (Phi) is 3.55. The molecular weight excluding hydrogens is 286 g/mol. The average Bonchev–Trinajstić information content (AvgIpc) is 2.47. The van der Waals surface area contributed by atoms with Gasteiger partial charge in [0.05, 0.1) is 4.90 Å². The molecule has 6 heteroatoms. The van der Waals surface area contributed by atoms with Crippen LogP contribution in [-0.4, -0.2) is 26.2 Å². The maximum atomic E-state index is 11.4. The van der Waals surface area contributed by atoms with Crippen molar-refractivity contribution in [1.82, 2.24) is 4.98 Å². The smallest absolute Gasteiger partial charge is 0.177 e. The number of aryl methyl sites for hydroxylation is 1. The molecule has 21 heavy (non-hydrogen) atoms. The zero-order chi connectivity index (χ0) is 14.9. The first-order chi connectivity index (χ1) is 10.0. The molecule has 2 N–H and O–H groups in total. The topological polar surface area (TPSA) is 71.1 Å². The number of nitrogens with zero attached hydrogens (tertiary/aromatic N) is 1. The number of aromatic nitrogens is 1. The van der Waals surface area contributed by atoms with Crippen molar-refractivity contribution in [1.29, 1.82) is 0 Å². The Labute approximate surface area is 124 Å². The lowest BCUT2D eigenvalue weighted by atomic mass is 10.0. The fourth-order valence-electron chi connectivity index (χ4n) is 2.37. The number of anilines is 3. The Morgan fingerprint density at radius 2 is 2.10 bits per heavy atom. The van der Waals surface area contributed by atoms with Crippen LogP contribution in [0.25, 0.3) is 0 Å². The van der Waals surface area contributed by atoms with Gasteiger partial charge in [-0.3, -0.25) is 0 Å². The van der Waals surface area contributed by atoms with E-state index in [0.29, 0.717) is 5.82 Å².